The number of nitrogens with two attached hydrogens (primary N) is 1. The molecule has 19 heavy (non-hydrogen) atoms. The molecule has 2 rings (SSSR count). The van der Waals surface area contributed by atoms with Crippen molar-refractivity contribution in [2.45, 2.75) is 13.8 Å². The van der Waals surface area contributed by atoms with E-state index in [0.717, 1.165) is 10.9 Å². The molecule has 0 spiro atoms. The topological polar surface area (TPSA) is 70.9 Å². The van der Waals surface area contributed by atoms with E-state index in [9.17, 15) is 4.79 Å². The molecule has 98 valence electrons. The minimum Gasteiger partial charge on any atom is -0.402 e. The SMILES string of the molecule is C=C(/C=C(/C)N)Nc1cc2c(C)cccc2c(=O)[nH]1. The predicted octanol–water partition coefficient (Wildman–Crippen LogP) is 2.62. The fourth-order valence-electron chi connectivity index (χ4n) is 1.99. The summed E-state index contributed by atoms with van der Waals surface area (Å²) in [6.45, 7) is 7.59. The first-order chi connectivity index (χ1) is 8.97. The Morgan fingerprint density at radius 1 is 1.42 bits per heavy atom. The molecule has 0 bridgehead atoms. The summed E-state index contributed by atoms with van der Waals surface area (Å²) >= 11 is 0. The lowest BCUT2D eigenvalue weighted by Gasteiger charge is -2.08. The first-order valence-corrected chi connectivity index (χ1v) is 6.00. The third-order valence-corrected chi connectivity index (χ3v) is 2.80. The summed E-state index contributed by atoms with van der Waals surface area (Å²) in [5, 5.41) is 4.64. The molecule has 1 aromatic carbocycles. The maximum Gasteiger partial charge on any atom is 0.257 e. The van der Waals surface area contributed by atoms with Crippen LogP contribution in [-0.4, -0.2) is 4.98 Å². The summed E-state index contributed by atoms with van der Waals surface area (Å²) in [5.74, 6) is 0.606. The third-order valence-electron chi connectivity index (χ3n) is 2.80. The molecule has 0 unspecified atom stereocenters. The number of rotatable bonds is 3. The smallest absolute Gasteiger partial charge is 0.257 e. The van der Waals surface area contributed by atoms with Gasteiger partial charge in [0.2, 0.25) is 0 Å². The van der Waals surface area contributed by atoms with Gasteiger partial charge in [0.25, 0.3) is 5.56 Å². The number of aromatic nitrogens is 1. The fraction of sp³-hybridized carbons (Fsp3) is 0.133. The van der Waals surface area contributed by atoms with Gasteiger partial charge in [-0.25, -0.2) is 0 Å². The first kappa shape index (κ1) is 13.0. The lowest BCUT2D eigenvalue weighted by atomic mass is 10.1. The van der Waals surface area contributed by atoms with E-state index in [0.29, 0.717) is 22.6 Å². The van der Waals surface area contributed by atoms with Crippen LogP contribution < -0.4 is 16.6 Å². The van der Waals surface area contributed by atoms with Gasteiger partial charge in [-0.05, 0) is 43.0 Å². The zero-order valence-corrected chi connectivity index (χ0v) is 11.1. The van der Waals surface area contributed by atoms with Gasteiger partial charge >= 0.3 is 0 Å². The summed E-state index contributed by atoms with van der Waals surface area (Å²) < 4.78 is 0. The molecule has 0 radical (unpaired) electrons. The quantitative estimate of drug-likeness (QED) is 0.738. The fourth-order valence-corrected chi connectivity index (χ4v) is 1.99. The molecule has 4 heteroatoms. The van der Waals surface area contributed by atoms with Crippen molar-refractivity contribution in [3.8, 4) is 0 Å². The molecule has 1 aromatic heterocycles. The van der Waals surface area contributed by atoms with Gasteiger partial charge in [0.1, 0.15) is 5.82 Å². The zero-order valence-electron chi connectivity index (χ0n) is 11.1. The summed E-state index contributed by atoms with van der Waals surface area (Å²) in [6, 6.07) is 7.56. The average Bonchev–Trinajstić information content (AvgIpc) is 2.29. The maximum atomic E-state index is 12.0. The Labute approximate surface area is 111 Å². The van der Waals surface area contributed by atoms with Crippen LogP contribution in [0.25, 0.3) is 10.8 Å². The minimum atomic E-state index is -0.120. The highest BCUT2D eigenvalue weighted by Gasteiger charge is 2.04. The number of hydrogen-bond acceptors (Lipinski definition) is 3. The van der Waals surface area contributed by atoms with Crippen LogP contribution in [0.1, 0.15) is 12.5 Å². The number of benzene rings is 1. The molecule has 0 atom stereocenters. The third kappa shape index (κ3) is 2.85. The highest BCUT2D eigenvalue weighted by Crippen LogP contribution is 2.18. The molecule has 0 saturated heterocycles. The highest BCUT2D eigenvalue weighted by molar-refractivity contribution is 5.86. The highest BCUT2D eigenvalue weighted by atomic mass is 16.1. The van der Waals surface area contributed by atoms with E-state index in [4.69, 9.17) is 5.73 Å². The van der Waals surface area contributed by atoms with Gasteiger partial charge in [0.05, 0.1) is 0 Å². The average molecular weight is 255 g/mol. The van der Waals surface area contributed by atoms with E-state index in [1.807, 2.05) is 31.2 Å². The summed E-state index contributed by atoms with van der Waals surface area (Å²) in [5.41, 5.74) is 7.80. The van der Waals surface area contributed by atoms with Crippen LogP contribution in [-0.2, 0) is 0 Å². The van der Waals surface area contributed by atoms with Crippen molar-refractivity contribution in [1.82, 2.24) is 4.98 Å². The lowest BCUT2D eigenvalue weighted by Crippen LogP contribution is -2.10. The number of nitrogens with one attached hydrogen (secondary N) is 2. The Morgan fingerprint density at radius 2 is 2.16 bits per heavy atom. The van der Waals surface area contributed by atoms with Crippen LogP contribution in [0.5, 0.6) is 0 Å². The summed E-state index contributed by atoms with van der Waals surface area (Å²) in [7, 11) is 0. The second-order valence-corrected chi connectivity index (χ2v) is 4.59. The number of aromatic amines is 1. The van der Waals surface area contributed by atoms with Crippen LogP contribution in [0.2, 0.25) is 0 Å². The number of allylic oxidation sites excluding steroid dienone is 2. The van der Waals surface area contributed by atoms with Crippen LogP contribution in [0, 0.1) is 6.92 Å². The monoisotopic (exact) mass is 255 g/mol. The number of anilines is 1. The van der Waals surface area contributed by atoms with E-state index >= 15 is 0 Å². The predicted molar refractivity (Wildman–Crippen MR) is 80.0 cm³/mol. The molecule has 1 heterocycles. The van der Waals surface area contributed by atoms with Crippen LogP contribution in [0.15, 0.2) is 53.1 Å². The minimum absolute atomic E-state index is 0.120. The molecule has 0 aliphatic carbocycles. The van der Waals surface area contributed by atoms with Gasteiger partial charge in [-0.2, -0.15) is 0 Å². The number of H-pyrrole nitrogens is 1. The Hall–Kier alpha value is -2.49. The Morgan fingerprint density at radius 3 is 2.84 bits per heavy atom. The molecule has 4 nitrogen and oxygen atoms in total. The number of fused-ring (bicyclic) bond motifs is 1. The molecular weight excluding hydrogens is 238 g/mol. The number of hydrogen-bond donors (Lipinski definition) is 3. The van der Waals surface area contributed by atoms with Gasteiger partial charge < -0.3 is 16.0 Å². The lowest BCUT2D eigenvalue weighted by molar-refractivity contribution is 1.23. The van der Waals surface area contributed by atoms with Crippen molar-refractivity contribution >= 4 is 16.6 Å². The van der Waals surface area contributed by atoms with E-state index in [1.54, 1.807) is 13.0 Å². The van der Waals surface area contributed by atoms with Gasteiger partial charge in [0.15, 0.2) is 0 Å². The van der Waals surface area contributed by atoms with Gasteiger partial charge in [0, 0.05) is 16.8 Å². The molecule has 2 aromatic rings. The maximum absolute atomic E-state index is 12.0. The molecule has 0 aliphatic heterocycles. The van der Waals surface area contributed by atoms with Gasteiger partial charge in [-0.15, -0.1) is 0 Å². The summed E-state index contributed by atoms with van der Waals surface area (Å²) in [4.78, 5) is 14.8. The molecule has 0 fully saturated rings. The van der Waals surface area contributed by atoms with Crippen molar-refractivity contribution in [3.63, 3.8) is 0 Å². The van der Waals surface area contributed by atoms with E-state index < -0.39 is 0 Å². The van der Waals surface area contributed by atoms with Crippen LogP contribution >= 0.6 is 0 Å². The van der Waals surface area contributed by atoms with E-state index in [-0.39, 0.29) is 5.56 Å². The summed E-state index contributed by atoms with van der Waals surface area (Å²) in [6.07, 6.45) is 1.71. The Kier molecular flexibility index (Phi) is 3.42. The van der Waals surface area contributed by atoms with Gasteiger partial charge in [-0.1, -0.05) is 18.7 Å². The van der Waals surface area contributed by atoms with Crippen molar-refractivity contribution in [2.24, 2.45) is 5.73 Å². The molecular formula is C15H17N3O. The second-order valence-electron chi connectivity index (χ2n) is 4.59. The Balaban J connectivity index is 2.47. The molecule has 0 saturated carbocycles. The molecule has 0 amide bonds. The number of pyridine rings is 1. The van der Waals surface area contributed by atoms with Crippen molar-refractivity contribution in [3.05, 3.63) is 64.2 Å². The zero-order chi connectivity index (χ0) is 14.0. The van der Waals surface area contributed by atoms with E-state index in [2.05, 4.69) is 16.9 Å². The first-order valence-electron chi connectivity index (χ1n) is 6.00. The normalized spacial score (nSPS) is 11.6. The molecule has 0 aliphatic rings. The standard InChI is InChI=1S/C15H17N3O/c1-9-5-4-6-12-13(9)8-14(18-15(12)19)17-11(3)7-10(2)16/h4-8H,3,16H2,1-2H3,(H2,17,18,19)/b10-7-. The van der Waals surface area contributed by atoms with E-state index in [1.165, 1.54) is 0 Å². The Bertz CT molecular complexity index is 722. The second kappa shape index (κ2) is 5.02. The number of aryl methyl sites for hydroxylation is 1. The van der Waals surface area contributed by atoms with Crippen molar-refractivity contribution < 1.29 is 0 Å². The van der Waals surface area contributed by atoms with Gasteiger partial charge in [-0.3, -0.25) is 4.79 Å². The largest absolute Gasteiger partial charge is 0.402 e. The van der Waals surface area contributed by atoms with Crippen molar-refractivity contribution in [1.29, 1.82) is 0 Å². The van der Waals surface area contributed by atoms with Crippen molar-refractivity contribution in [2.75, 3.05) is 5.32 Å². The van der Waals surface area contributed by atoms with Crippen LogP contribution in [0.4, 0.5) is 5.82 Å². The molecule has 4 N–H and O–H groups in total. The van der Waals surface area contributed by atoms with Crippen LogP contribution in [0.3, 0.4) is 0 Å².